The predicted molar refractivity (Wildman–Crippen MR) is 121 cm³/mol. The molecule has 2 atom stereocenters. The Morgan fingerprint density at radius 2 is 2.07 bits per heavy atom. The molecule has 0 aromatic heterocycles. The van der Waals surface area contributed by atoms with Gasteiger partial charge in [-0.25, -0.2) is 4.79 Å². The van der Waals surface area contributed by atoms with Gasteiger partial charge < -0.3 is 15.8 Å². The second-order valence-corrected chi connectivity index (χ2v) is 8.24. The predicted octanol–water partition coefficient (Wildman–Crippen LogP) is 3.19. The van der Waals surface area contributed by atoms with Crippen LogP contribution in [0.15, 0.2) is 30.4 Å². The molecule has 0 spiro atoms. The number of thiol groups is 1. The van der Waals surface area contributed by atoms with Gasteiger partial charge >= 0.3 is 5.97 Å². The SMILES string of the molecule is COC(=O)[C@H](CCSC)NC(=O)c1cc(CC=CC(N)CS)ccc1C(C)C. The number of esters is 1. The van der Waals surface area contributed by atoms with Crippen molar-refractivity contribution in [2.75, 3.05) is 24.9 Å². The minimum atomic E-state index is -0.651. The lowest BCUT2D eigenvalue weighted by Crippen LogP contribution is -2.42. The summed E-state index contributed by atoms with van der Waals surface area (Å²) in [4.78, 5) is 25.0. The van der Waals surface area contributed by atoms with E-state index >= 15 is 0 Å². The van der Waals surface area contributed by atoms with Crippen molar-refractivity contribution < 1.29 is 14.3 Å². The number of carbonyl (C=O) groups excluding carboxylic acids is 2. The summed E-state index contributed by atoms with van der Waals surface area (Å²) in [5.74, 6) is 0.853. The maximum Gasteiger partial charge on any atom is 0.328 e. The zero-order valence-electron chi connectivity index (χ0n) is 17.1. The molecule has 156 valence electrons. The summed E-state index contributed by atoms with van der Waals surface area (Å²) in [7, 11) is 1.34. The van der Waals surface area contributed by atoms with Crippen LogP contribution in [0.5, 0.6) is 0 Å². The van der Waals surface area contributed by atoms with E-state index in [1.165, 1.54) is 7.11 Å². The fourth-order valence-electron chi connectivity index (χ4n) is 2.73. The molecule has 0 aliphatic carbocycles. The fraction of sp³-hybridized carbons (Fsp3) is 0.524. The monoisotopic (exact) mass is 424 g/mol. The first-order valence-electron chi connectivity index (χ1n) is 9.37. The number of rotatable bonds is 11. The average molecular weight is 425 g/mol. The number of nitrogens with two attached hydrogens (primary N) is 1. The second kappa shape index (κ2) is 12.9. The highest BCUT2D eigenvalue weighted by Gasteiger charge is 2.23. The third kappa shape index (κ3) is 7.89. The largest absolute Gasteiger partial charge is 0.467 e. The Bertz CT molecular complexity index is 678. The molecule has 5 nitrogen and oxygen atoms in total. The van der Waals surface area contributed by atoms with Gasteiger partial charge in [0, 0.05) is 17.4 Å². The van der Waals surface area contributed by atoms with E-state index in [1.54, 1.807) is 11.8 Å². The van der Waals surface area contributed by atoms with Crippen molar-refractivity contribution in [3.05, 3.63) is 47.0 Å². The summed E-state index contributed by atoms with van der Waals surface area (Å²) in [5, 5.41) is 2.85. The molecular formula is C21H32N2O3S2. The first-order valence-corrected chi connectivity index (χ1v) is 11.4. The van der Waals surface area contributed by atoms with E-state index in [4.69, 9.17) is 10.5 Å². The number of nitrogens with one attached hydrogen (secondary N) is 1. The van der Waals surface area contributed by atoms with E-state index in [-0.39, 0.29) is 17.9 Å². The van der Waals surface area contributed by atoms with Crippen molar-refractivity contribution in [3.63, 3.8) is 0 Å². The van der Waals surface area contributed by atoms with Gasteiger partial charge in [0.2, 0.25) is 0 Å². The van der Waals surface area contributed by atoms with Gasteiger partial charge in [-0.3, -0.25) is 4.79 Å². The molecule has 1 amide bonds. The van der Waals surface area contributed by atoms with E-state index in [0.717, 1.165) is 16.9 Å². The molecule has 1 aromatic rings. The van der Waals surface area contributed by atoms with Crippen molar-refractivity contribution in [1.29, 1.82) is 0 Å². The average Bonchev–Trinajstić information content (AvgIpc) is 2.69. The minimum absolute atomic E-state index is 0.0849. The highest BCUT2D eigenvalue weighted by molar-refractivity contribution is 7.98. The van der Waals surface area contributed by atoms with Crippen LogP contribution in [0, 0.1) is 0 Å². The Hall–Kier alpha value is -1.44. The molecule has 0 aliphatic rings. The smallest absolute Gasteiger partial charge is 0.328 e. The Morgan fingerprint density at radius 3 is 2.64 bits per heavy atom. The van der Waals surface area contributed by atoms with Crippen LogP contribution < -0.4 is 11.1 Å². The third-order valence-electron chi connectivity index (χ3n) is 4.33. The molecule has 0 saturated heterocycles. The molecule has 0 fully saturated rings. The van der Waals surface area contributed by atoms with Crippen molar-refractivity contribution in [1.82, 2.24) is 5.32 Å². The first-order chi connectivity index (χ1) is 13.3. The molecule has 3 N–H and O–H groups in total. The van der Waals surface area contributed by atoms with Crippen molar-refractivity contribution in [2.45, 2.75) is 44.7 Å². The van der Waals surface area contributed by atoms with E-state index in [9.17, 15) is 9.59 Å². The molecule has 0 bridgehead atoms. The number of amides is 1. The van der Waals surface area contributed by atoms with Crippen LogP contribution in [0.25, 0.3) is 0 Å². The molecule has 1 unspecified atom stereocenters. The number of ether oxygens (including phenoxy) is 1. The highest BCUT2D eigenvalue weighted by Crippen LogP contribution is 2.22. The summed E-state index contributed by atoms with van der Waals surface area (Å²) in [6, 6.07) is 5.16. The van der Waals surface area contributed by atoms with E-state index in [2.05, 4.69) is 17.9 Å². The number of methoxy groups -OCH3 is 1. The molecule has 7 heteroatoms. The third-order valence-corrected chi connectivity index (χ3v) is 5.40. The number of hydrogen-bond donors (Lipinski definition) is 3. The maximum atomic E-state index is 13.0. The normalized spacial score (nSPS) is 13.5. The molecule has 1 rings (SSSR count). The van der Waals surface area contributed by atoms with Gasteiger partial charge in [-0.15, -0.1) is 0 Å². The Morgan fingerprint density at radius 1 is 1.36 bits per heavy atom. The number of allylic oxidation sites excluding steroid dienone is 1. The van der Waals surface area contributed by atoms with E-state index in [1.807, 2.05) is 50.5 Å². The summed E-state index contributed by atoms with van der Waals surface area (Å²) in [6.07, 6.45) is 7.07. The van der Waals surface area contributed by atoms with Gasteiger partial charge in [-0.05, 0) is 48.0 Å². The van der Waals surface area contributed by atoms with Gasteiger partial charge in [-0.1, -0.05) is 38.1 Å². The van der Waals surface area contributed by atoms with Crippen molar-refractivity contribution >= 4 is 36.3 Å². The Balaban J connectivity index is 3.06. The summed E-state index contributed by atoms with van der Waals surface area (Å²) in [6.45, 7) is 4.09. The topological polar surface area (TPSA) is 81.4 Å². The standard InChI is InChI=1S/C21H32N2O3S2/c1-14(2)17-9-8-15(6-5-7-16(22)13-27)12-18(17)20(24)23-19(10-11-28-4)21(25)26-3/h5,7-9,12,14,16,19,27H,6,10-11,13,22H2,1-4H3,(H,23,24)/t16?,19-/m0/s1. The van der Waals surface area contributed by atoms with Gasteiger partial charge in [0.15, 0.2) is 0 Å². The highest BCUT2D eigenvalue weighted by atomic mass is 32.2. The summed E-state index contributed by atoms with van der Waals surface area (Å²) >= 11 is 5.79. The fourth-order valence-corrected chi connectivity index (χ4v) is 3.33. The van der Waals surface area contributed by atoms with Crippen LogP contribution >= 0.6 is 24.4 Å². The quantitative estimate of drug-likeness (QED) is 0.289. The minimum Gasteiger partial charge on any atom is -0.467 e. The second-order valence-electron chi connectivity index (χ2n) is 6.89. The zero-order chi connectivity index (χ0) is 21.1. The van der Waals surface area contributed by atoms with Crippen LogP contribution in [0.1, 0.15) is 47.7 Å². The van der Waals surface area contributed by atoms with Gasteiger partial charge in [0.1, 0.15) is 6.04 Å². The van der Waals surface area contributed by atoms with Crippen LogP contribution in [0.2, 0.25) is 0 Å². The van der Waals surface area contributed by atoms with Gasteiger partial charge in [0.05, 0.1) is 7.11 Å². The lowest BCUT2D eigenvalue weighted by Gasteiger charge is -2.19. The van der Waals surface area contributed by atoms with Crippen molar-refractivity contribution in [3.8, 4) is 0 Å². The first kappa shape index (κ1) is 24.6. The molecule has 1 aromatic carbocycles. The molecule has 0 radical (unpaired) electrons. The van der Waals surface area contributed by atoms with E-state index < -0.39 is 12.0 Å². The summed E-state index contributed by atoms with van der Waals surface area (Å²) < 4.78 is 4.84. The lowest BCUT2D eigenvalue weighted by atomic mass is 9.93. The number of hydrogen-bond acceptors (Lipinski definition) is 6. The van der Waals surface area contributed by atoms with Crippen LogP contribution in [-0.4, -0.2) is 48.8 Å². The zero-order valence-corrected chi connectivity index (χ0v) is 18.8. The molecule has 0 heterocycles. The van der Waals surface area contributed by atoms with Gasteiger partial charge in [-0.2, -0.15) is 24.4 Å². The van der Waals surface area contributed by atoms with Crippen LogP contribution in [0.3, 0.4) is 0 Å². The van der Waals surface area contributed by atoms with Crippen LogP contribution in [-0.2, 0) is 16.0 Å². The number of carbonyl (C=O) groups is 2. The van der Waals surface area contributed by atoms with Crippen molar-refractivity contribution in [2.24, 2.45) is 5.73 Å². The summed E-state index contributed by atoms with van der Waals surface area (Å²) in [5.41, 5.74) is 8.40. The lowest BCUT2D eigenvalue weighted by molar-refractivity contribution is -0.142. The molecular weight excluding hydrogens is 392 g/mol. The molecule has 0 saturated carbocycles. The van der Waals surface area contributed by atoms with Crippen LogP contribution in [0.4, 0.5) is 0 Å². The number of thioether (sulfide) groups is 1. The molecule has 0 aliphatic heterocycles. The van der Waals surface area contributed by atoms with Gasteiger partial charge in [0.25, 0.3) is 5.91 Å². The Kier molecular flexibility index (Phi) is 11.3. The molecule has 28 heavy (non-hydrogen) atoms. The Labute approximate surface area is 178 Å². The number of benzene rings is 1. The maximum absolute atomic E-state index is 13.0. The van der Waals surface area contributed by atoms with E-state index in [0.29, 0.717) is 24.2 Å².